The Balaban J connectivity index is 1.44. The summed E-state index contributed by atoms with van der Waals surface area (Å²) in [6.07, 6.45) is 0. The number of benzene rings is 4. The van der Waals surface area contributed by atoms with Gasteiger partial charge in [0.05, 0.1) is 52.9 Å². The van der Waals surface area contributed by atoms with Gasteiger partial charge in [-0.25, -0.2) is 0 Å². The summed E-state index contributed by atoms with van der Waals surface area (Å²) in [6, 6.07) is 27.2. The molecule has 2 atom stereocenters. The van der Waals surface area contributed by atoms with Crippen LogP contribution in [0.3, 0.4) is 0 Å². The van der Waals surface area contributed by atoms with Crippen LogP contribution in [0.15, 0.2) is 98.5 Å². The molecule has 4 aromatic rings. The van der Waals surface area contributed by atoms with Crippen LogP contribution in [0.5, 0.6) is 11.5 Å². The molecule has 4 aromatic carbocycles. The average molecular weight is 684 g/mol. The second kappa shape index (κ2) is 14.0. The number of hydrogen-bond acceptors (Lipinski definition) is 10. The monoisotopic (exact) mass is 683 g/mol. The Hall–Kier alpha value is -1.93. The number of ether oxygens (including phenoxy) is 3. The van der Waals surface area contributed by atoms with Crippen LogP contribution in [0.1, 0.15) is 0 Å². The van der Waals surface area contributed by atoms with Gasteiger partial charge in [-0.15, -0.1) is 4.52 Å². The van der Waals surface area contributed by atoms with E-state index in [-0.39, 0.29) is 26.4 Å². The van der Waals surface area contributed by atoms with Crippen molar-refractivity contribution in [2.45, 2.75) is 0 Å². The Kier molecular flexibility index (Phi) is 10.1. The first-order valence-corrected chi connectivity index (χ1v) is 20.2. The lowest BCUT2D eigenvalue weighted by atomic mass is 10.1. The van der Waals surface area contributed by atoms with Crippen molar-refractivity contribution in [1.82, 2.24) is 0 Å². The minimum absolute atomic E-state index is 0.0984. The van der Waals surface area contributed by atoms with Crippen LogP contribution < -0.4 is 9.05 Å². The number of nitrogens with zero attached hydrogens (tertiary/aromatic N) is 3. The lowest BCUT2D eigenvalue weighted by molar-refractivity contribution is 0.00460. The summed E-state index contributed by atoms with van der Waals surface area (Å²) in [5.41, 5.74) is 0. The molecule has 0 amide bonds. The van der Waals surface area contributed by atoms with E-state index in [1.165, 1.54) is 0 Å². The summed E-state index contributed by atoms with van der Waals surface area (Å²) < 4.78 is 56.7. The second-order valence-electron chi connectivity index (χ2n) is 9.41. The molecule has 0 aliphatic carbocycles. The van der Waals surface area contributed by atoms with E-state index < -0.39 is 21.2 Å². The van der Waals surface area contributed by atoms with Gasteiger partial charge in [0.15, 0.2) is 0 Å². The molecule has 2 heterocycles. The summed E-state index contributed by atoms with van der Waals surface area (Å²) in [5.74, 6) is -2.50. The van der Waals surface area contributed by atoms with Crippen molar-refractivity contribution in [3.63, 3.8) is 0 Å². The minimum Gasteiger partial charge on any atom is -0.422 e. The molecule has 0 saturated heterocycles. The third-order valence-electron chi connectivity index (χ3n) is 6.28. The predicted octanol–water partition coefficient (Wildman–Crippen LogP) is 9.88. The Morgan fingerprint density at radius 1 is 0.488 bits per heavy atom. The SMILES string of the molecule is ClP1(Cl)=NP2(Oc3ccc4ccccc4c3)=NP(Oc3ccc4ccccc4c3)(=N1)OCCOCCOCCOCCO2. The molecule has 15 heteroatoms. The third kappa shape index (κ3) is 8.22. The van der Waals surface area contributed by atoms with Gasteiger partial charge < -0.3 is 23.3 Å². The summed E-state index contributed by atoms with van der Waals surface area (Å²) >= 11 is 13.6. The molecule has 2 aliphatic rings. The van der Waals surface area contributed by atoms with Gasteiger partial charge in [-0.1, -0.05) is 60.7 Å². The Labute approximate surface area is 259 Å². The zero-order chi connectivity index (χ0) is 29.6. The van der Waals surface area contributed by atoms with Crippen LogP contribution in [0, 0.1) is 0 Å². The maximum atomic E-state index is 6.81. The van der Waals surface area contributed by atoms with Crippen LogP contribution >= 0.6 is 43.7 Å². The first-order chi connectivity index (χ1) is 20.9. The van der Waals surface area contributed by atoms with E-state index in [1.54, 1.807) is 0 Å². The maximum absolute atomic E-state index is 6.81. The second-order valence-corrected chi connectivity index (χ2v) is 18.7. The molecular formula is C28H30Cl2N3O7P3. The maximum Gasteiger partial charge on any atom is 0.401 e. The number of hydrogen-bond donors (Lipinski definition) is 0. The van der Waals surface area contributed by atoms with E-state index in [1.807, 2.05) is 84.9 Å². The van der Waals surface area contributed by atoms with Crippen molar-refractivity contribution < 1.29 is 32.3 Å². The first kappa shape index (κ1) is 31.1. The molecule has 10 nitrogen and oxygen atoms in total. The van der Waals surface area contributed by atoms with Gasteiger partial charge in [-0.05, 0) is 68.3 Å². The fraction of sp³-hybridized carbons (Fsp3) is 0.286. The molecule has 0 spiro atoms. The third-order valence-corrected chi connectivity index (χ3v) is 16.0. The lowest BCUT2D eigenvalue weighted by Gasteiger charge is -2.30. The van der Waals surface area contributed by atoms with E-state index in [9.17, 15) is 0 Å². The minimum atomic E-state index is -3.62. The summed E-state index contributed by atoms with van der Waals surface area (Å²) in [7, 11) is -7.24. The number of halogens is 2. The summed E-state index contributed by atoms with van der Waals surface area (Å²) in [4.78, 5) is 0. The van der Waals surface area contributed by atoms with Crippen molar-refractivity contribution in [3.05, 3.63) is 84.9 Å². The molecule has 6 rings (SSSR count). The molecule has 43 heavy (non-hydrogen) atoms. The molecule has 2 aliphatic heterocycles. The van der Waals surface area contributed by atoms with Gasteiger partial charge in [0.25, 0.3) is 5.91 Å². The standard InChI is InChI=1S/C28H30Cl2N3O7P3/c29-41(30)31-42(39-27-11-9-23-5-1-3-7-25(23)21-27)33-43(32-41,40-28-12-10-24-6-2-4-8-26(24)22-28)38-20-18-36-16-14-34-13-15-35-17-19-37-42/h1-12,21-22H,13-20H2. The Morgan fingerprint density at radius 3 is 1.40 bits per heavy atom. The van der Waals surface area contributed by atoms with Gasteiger partial charge in [0.1, 0.15) is 11.5 Å². The number of fused-ring (bicyclic) bond motifs is 3. The highest BCUT2D eigenvalue weighted by Gasteiger charge is 2.42. The van der Waals surface area contributed by atoms with Gasteiger partial charge in [0, 0.05) is 0 Å². The van der Waals surface area contributed by atoms with E-state index in [4.69, 9.17) is 59.3 Å². The Morgan fingerprint density at radius 2 is 0.907 bits per heavy atom. The Bertz CT molecular complexity index is 1670. The van der Waals surface area contributed by atoms with E-state index in [2.05, 4.69) is 9.03 Å². The van der Waals surface area contributed by atoms with Crippen molar-refractivity contribution in [3.8, 4) is 11.5 Å². The molecule has 2 unspecified atom stereocenters. The fourth-order valence-corrected chi connectivity index (χ4v) is 15.1. The predicted molar refractivity (Wildman–Crippen MR) is 173 cm³/mol. The molecular weight excluding hydrogens is 654 g/mol. The van der Waals surface area contributed by atoms with Crippen LogP contribution in [0.25, 0.3) is 21.5 Å². The van der Waals surface area contributed by atoms with E-state index in [0.29, 0.717) is 37.9 Å². The molecule has 0 N–H and O–H groups in total. The van der Waals surface area contributed by atoms with Crippen LogP contribution in [-0.2, 0) is 23.3 Å². The van der Waals surface area contributed by atoms with E-state index in [0.717, 1.165) is 21.5 Å². The molecule has 0 radical (unpaired) electrons. The molecule has 2 bridgehead atoms. The number of rotatable bonds is 4. The fourth-order valence-electron chi connectivity index (χ4n) is 4.39. The topological polar surface area (TPSA) is 102 Å². The van der Waals surface area contributed by atoms with E-state index >= 15 is 0 Å². The highest BCUT2D eigenvalue weighted by atomic mass is 35.9. The first-order valence-electron chi connectivity index (χ1n) is 13.6. The smallest absolute Gasteiger partial charge is 0.401 e. The zero-order valence-electron chi connectivity index (χ0n) is 23.0. The average Bonchev–Trinajstić information content (AvgIpc) is 2.98. The lowest BCUT2D eigenvalue weighted by Crippen LogP contribution is -2.14. The van der Waals surface area contributed by atoms with Crippen molar-refractivity contribution in [2.75, 3.05) is 52.9 Å². The van der Waals surface area contributed by atoms with Crippen LogP contribution in [-0.4, -0.2) is 52.9 Å². The summed E-state index contributed by atoms with van der Waals surface area (Å²) in [5, 5.41) is 4.04. The van der Waals surface area contributed by atoms with Gasteiger partial charge in [-0.2, -0.15) is 9.03 Å². The molecule has 0 saturated carbocycles. The normalized spacial score (nSPS) is 25.2. The largest absolute Gasteiger partial charge is 0.422 e. The van der Waals surface area contributed by atoms with Gasteiger partial charge in [-0.3, -0.25) is 9.05 Å². The van der Waals surface area contributed by atoms with Crippen molar-refractivity contribution in [1.29, 1.82) is 0 Å². The zero-order valence-corrected chi connectivity index (χ0v) is 27.2. The molecule has 0 aromatic heterocycles. The van der Waals surface area contributed by atoms with Crippen LogP contribution in [0.2, 0.25) is 0 Å². The highest BCUT2D eigenvalue weighted by molar-refractivity contribution is 8.13. The van der Waals surface area contributed by atoms with Crippen molar-refractivity contribution in [2.24, 2.45) is 13.5 Å². The van der Waals surface area contributed by atoms with Gasteiger partial charge in [0.2, 0.25) is 0 Å². The molecule has 0 fully saturated rings. The van der Waals surface area contributed by atoms with Crippen molar-refractivity contribution >= 4 is 65.3 Å². The molecule has 228 valence electrons. The summed E-state index contributed by atoms with van der Waals surface area (Å²) in [6.45, 7) is 2.29. The van der Waals surface area contributed by atoms with Gasteiger partial charge >= 0.3 is 15.3 Å². The van der Waals surface area contributed by atoms with Crippen LogP contribution in [0.4, 0.5) is 0 Å². The highest BCUT2D eigenvalue weighted by Crippen LogP contribution is 2.82. The quantitative estimate of drug-likeness (QED) is 0.197.